The fourth-order valence-corrected chi connectivity index (χ4v) is 2.72. The number of hydrogen-bond acceptors (Lipinski definition) is 3. The van der Waals surface area contributed by atoms with Crippen molar-refractivity contribution in [2.75, 3.05) is 13.6 Å². The van der Waals surface area contributed by atoms with E-state index >= 15 is 0 Å². The maximum absolute atomic E-state index is 5.36. The van der Waals surface area contributed by atoms with Crippen LogP contribution in [0.15, 0.2) is 44.6 Å². The lowest BCUT2D eigenvalue weighted by Crippen LogP contribution is -2.43. The monoisotopic (exact) mass is 319 g/mol. The van der Waals surface area contributed by atoms with Crippen molar-refractivity contribution in [2.45, 2.75) is 39.3 Å². The molecule has 2 heterocycles. The summed E-state index contributed by atoms with van der Waals surface area (Å²) in [4.78, 5) is 6.92. The van der Waals surface area contributed by atoms with Gasteiger partial charge in [-0.1, -0.05) is 6.92 Å². The lowest BCUT2D eigenvalue weighted by atomic mass is 10.2. The quantitative estimate of drug-likeness (QED) is 0.624. The van der Waals surface area contributed by atoms with Gasteiger partial charge in [0, 0.05) is 32.6 Å². The van der Waals surface area contributed by atoms with Gasteiger partial charge in [-0.05, 0) is 47.9 Å². The summed E-state index contributed by atoms with van der Waals surface area (Å²) in [6, 6.07) is 6.48. The Kier molecular flexibility index (Phi) is 6.52. The first-order valence-electron chi connectivity index (χ1n) is 7.74. The second kappa shape index (κ2) is 8.63. The summed E-state index contributed by atoms with van der Waals surface area (Å²) in [5.41, 5.74) is 1.32. The van der Waals surface area contributed by atoms with E-state index in [1.165, 1.54) is 5.56 Å². The topological polar surface area (TPSA) is 40.8 Å². The summed E-state index contributed by atoms with van der Waals surface area (Å²) in [6.45, 7) is 5.95. The predicted octanol–water partition coefficient (Wildman–Crippen LogP) is 3.76. The largest absolute Gasteiger partial charge is 0.469 e. The second-order valence-electron chi connectivity index (χ2n) is 5.48. The molecular formula is C17H25N3OS. The smallest absolute Gasteiger partial charge is 0.194 e. The van der Waals surface area contributed by atoms with Crippen LogP contribution in [0.2, 0.25) is 0 Å². The molecule has 5 heteroatoms. The summed E-state index contributed by atoms with van der Waals surface area (Å²) in [5, 5.41) is 7.80. The van der Waals surface area contributed by atoms with Crippen molar-refractivity contribution in [3.8, 4) is 0 Å². The molecule has 2 rings (SSSR count). The molecule has 4 nitrogen and oxygen atoms in total. The van der Waals surface area contributed by atoms with Gasteiger partial charge in [-0.2, -0.15) is 11.3 Å². The van der Waals surface area contributed by atoms with Crippen LogP contribution < -0.4 is 5.32 Å². The number of nitrogens with zero attached hydrogens (tertiary/aromatic N) is 2. The van der Waals surface area contributed by atoms with Crippen LogP contribution in [-0.2, 0) is 13.0 Å². The summed E-state index contributed by atoms with van der Waals surface area (Å²) in [7, 11) is 2.08. The van der Waals surface area contributed by atoms with E-state index in [0.717, 1.165) is 37.7 Å². The lowest BCUT2D eigenvalue weighted by molar-refractivity contribution is 0.458. The number of guanidine groups is 1. The van der Waals surface area contributed by atoms with Gasteiger partial charge in [-0.3, -0.25) is 4.99 Å². The molecule has 2 aromatic heterocycles. The molecule has 0 saturated carbocycles. The Balaban J connectivity index is 1.97. The highest BCUT2D eigenvalue weighted by Crippen LogP contribution is 2.09. The third-order valence-corrected chi connectivity index (χ3v) is 4.28. The maximum Gasteiger partial charge on any atom is 0.194 e. The van der Waals surface area contributed by atoms with Crippen LogP contribution in [0.5, 0.6) is 0 Å². The molecular weight excluding hydrogens is 294 g/mol. The van der Waals surface area contributed by atoms with E-state index in [-0.39, 0.29) is 0 Å². The minimum Gasteiger partial charge on any atom is -0.469 e. The highest BCUT2D eigenvalue weighted by Gasteiger charge is 2.10. The number of thiophene rings is 1. The fraction of sp³-hybridized carbons (Fsp3) is 0.471. The highest BCUT2D eigenvalue weighted by atomic mass is 32.1. The van der Waals surface area contributed by atoms with Gasteiger partial charge >= 0.3 is 0 Å². The van der Waals surface area contributed by atoms with Gasteiger partial charge in [0.1, 0.15) is 5.76 Å². The van der Waals surface area contributed by atoms with E-state index in [2.05, 4.69) is 47.9 Å². The maximum atomic E-state index is 5.36. The van der Waals surface area contributed by atoms with E-state index in [4.69, 9.17) is 9.41 Å². The third kappa shape index (κ3) is 5.22. The molecule has 0 aromatic carbocycles. The molecule has 1 atom stereocenters. The third-order valence-electron chi connectivity index (χ3n) is 3.55. The Labute approximate surface area is 136 Å². The second-order valence-corrected chi connectivity index (χ2v) is 6.26. The minimum atomic E-state index is 0.410. The Morgan fingerprint density at radius 2 is 2.32 bits per heavy atom. The Hall–Kier alpha value is -1.75. The lowest BCUT2D eigenvalue weighted by Gasteiger charge is -2.25. The van der Waals surface area contributed by atoms with Crippen LogP contribution in [0.25, 0.3) is 0 Å². The summed E-state index contributed by atoms with van der Waals surface area (Å²) >= 11 is 1.73. The summed E-state index contributed by atoms with van der Waals surface area (Å²) < 4.78 is 5.36. The van der Waals surface area contributed by atoms with Gasteiger partial charge in [-0.15, -0.1) is 0 Å². The molecule has 1 N–H and O–H groups in total. The number of nitrogens with one attached hydrogen (secondary N) is 1. The van der Waals surface area contributed by atoms with Gasteiger partial charge in [0.25, 0.3) is 0 Å². The highest BCUT2D eigenvalue weighted by molar-refractivity contribution is 7.07. The average Bonchev–Trinajstić information content (AvgIpc) is 3.19. The van der Waals surface area contributed by atoms with Gasteiger partial charge in [0.2, 0.25) is 0 Å². The molecule has 0 aliphatic carbocycles. The number of hydrogen-bond donors (Lipinski definition) is 1. The van der Waals surface area contributed by atoms with Crippen molar-refractivity contribution in [3.05, 3.63) is 46.5 Å². The van der Waals surface area contributed by atoms with E-state index in [1.807, 2.05) is 12.1 Å². The zero-order valence-electron chi connectivity index (χ0n) is 13.6. The standard InChI is InChI=1S/C17H25N3OS/c1-4-14(2)19-17(18-9-7-16-6-5-10-21-16)20(3)12-15-8-11-22-13-15/h5-6,8,10-11,13-14H,4,7,9,12H2,1-3H3,(H,18,19). The molecule has 2 aromatic rings. The first-order valence-corrected chi connectivity index (χ1v) is 8.69. The van der Waals surface area contributed by atoms with Crippen molar-refractivity contribution < 1.29 is 4.42 Å². The summed E-state index contributed by atoms with van der Waals surface area (Å²) in [5.74, 6) is 1.93. The van der Waals surface area contributed by atoms with Crippen LogP contribution in [0.3, 0.4) is 0 Å². The van der Waals surface area contributed by atoms with Crippen molar-refractivity contribution in [3.63, 3.8) is 0 Å². The Morgan fingerprint density at radius 1 is 1.45 bits per heavy atom. The van der Waals surface area contributed by atoms with Crippen molar-refractivity contribution in [2.24, 2.45) is 4.99 Å². The molecule has 120 valence electrons. The average molecular weight is 319 g/mol. The van der Waals surface area contributed by atoms with Crippen molar-refractivity contribution >= 4 is 17.3 Å². The molecule has 0 aliphatic rings. The zero-order valence-corrected chi connectivity index (χ0v) is 14.4. The molecule has 1 unspecified atom stereocenters. The van der Waals surface area contributed by atoms with Gasteiger partial charge < -0.3 is 14.6 Å². The SMILES string of the molecule is CCC(C)NC(=NCCc1ccco1)N(C)Cc1ccsc1. The van der Waals surface area contributed by atoms with Crippen LogP contribution in [0.4, 0.5) is 0 Å². The van der Waals surface area contributed by atoms with Crippen LogP contribution in [0, 0.1) is 0 Å². The molecule has 22 heavy (non-hydrogen) atoms. The van der Waals surface area contributed by atoms with Gasteiger partial charge in [0.05, 0.1) is 6.26 Å². The molecule has 0 spiro atoms. The molecule has 0 radical (unpaired) electrons. The number of aliphatic imine (C=N–C) groups is 1. The molecule has 0 amide bonds. The van der Waals surface area contributed by atoms with Gasteiger partial charge in [0.15, 0.2) is 5.96 Å². The number of furan rings is 1. The first-order chi connectivity index (χ1) is 10.7. The van der Waals surface area contributed by atoms with Gasteiger partial charge in [-0.25, -0.2) is 0 Å². The van der Waals surface area contributed by atoms with Crippen LogP contribution >= 0.6 is 11.3 Å². The van der Waals surface area contributed by atoms with Crippen molar-refractivity contribution in [1.82, 2.24) is 10.2 Å². The zero-order chi connectivity index (χ0) is 15.8. The Morgan fingerprint density at radius 3 is 2.95 bits per heavy atom. The van der Waals surface area contributed by atoms with Crippen LogP contribution in [-0.4, -0.2) is 30.5 Å². The van der Waals surface area contributed by atoms with E-state index in [1.54, 1.807) is 17.6 Å². The Bertz CT molecular complexity index is 548. The number of rotatable bonds is 7. The first kappa shape index (κ1) is 16.6. The predicted molar refractivity (Wildman–Crippen MR) is 93.4 cm³/mol. The summed E-state index contributed by atoms with van der Waals surface area (Å²) in [6.07, 6.45) is 3.61. The van der Waals surface area contributed by atoms with E-state index in [9.17, 15) is 0 Å². The van der Waals surface area contributed by atoms with E-state index < -0.39 is 0 Å². The fourth-order valence-electron chi connectivity index (χ4n) is 2.06. The molecule has 0 bridgehead atoms. The molecule has 0 saturated heterocycles. The normalized spacial score (nSPS) is 13.1. The molecule has 0 aliphatic heterocycles. The van der Waals surface area contributed by atoms with Crippen LogP contribution in [0.1, 0.15) is 31.6 Å². The van der Waals surface area contributed by atoms with Crippen molar-refractivity contribution in [1.29, 1.82) is 0 Å². The minimum absolute atomic E-state index is 0.410. The van der Waals surface area contributed by atoms with E-state index in [0.29, 0.717) is 6.04 Å². The molecule has 0 fully saturated rings.